The molecule has 0 radical (unpaired) electrons. The molecular weight excluding hydrogens is 390 g/mol. The highest BCUT2D eigenvalue weighted by Gasteiger charge is 2.46. The van der Waals surface area contributed by atoms with Gasteiger partial charge in [0.25, 0.3) is 8.32 Å². The van der Waals surface area contributed by atoms with E-state index >= 15 is 0 Å². The summed E-state index contributed by atoms with van der Waals surface area (Å²) >= 11 is 0. The maximum Gasteiger partial charge on any atom is 0.337 e. The van der Waals surface area contributed by atoms with E-state index in [9.17, 15) is 4.79 Å². The molecule has 4 nitrogen and oxygen atoms in total. The lowest BCUT2D eigenvalue weighted by Gasteiger charge is -2.42. The number of hydrogen-bond acceptors (Lipinski definition) is 4. The van der Waals surface area contributed by atoms with Crippen LogP contribution in [-0.2, 0) is 17.6 Å². The normalized spacial score (nSPS) is 11.9. The Hall–Kier alpha value is -2.27. The number of esters is 1. The van der Waals surface area contributed by atoms with E-state index in [0.29, 0.717) is 27.9 Å². The van der Waals surface area contributed by atoms with Gasteiger partial charge in [-0.25, -0.2) is 4.79 Å². The van der Waals surface area contributed by atoms with Gasteiger partial charge >= 0.3 is 5.97 Å². The highest BCUT2D eigenvalue weighted by Crippen LogP contribution is 2.42. The van der Waals surface area contributed by atoms with Crippen molar-refractivity contribution < 1.29 is 14.0 Å². The van der Waals surface area contributed by atoms with Crippen molar-refractivity contribution in [1.82, 2.24) is 0 Å². The van der Waals surface area contributed by atoms with Gasteiger partial charge < -0.3 is 14.9 Å². The first-order chi connectivity index (χ1) is 14.1. The van der Waals surface area contributed by atoms with Gasteiger partial charge in [0.15, 0.2) is 0 Å². The zero-order valence-electron chi connectivity index (χ0n) is 19.5. The first-order valence-electron chi connectivity index (χ1n) is 10.9. The number of ether oxygens (including phenoxy) is 1. The van der Waals surface area contributed by atoms with Crippen LogP contribution in [0.25, 0.3) is 0 Å². The van der Waals surface area contributed by atoms with Crippen molar-refractivity contribution in [3.63, 3.8) is 0 Å². The molecule has 0 fully saturated rings. The minimum atomic E-state index is -1.95. The molecule has 0 heterocycles. The molecule has 2 rings (SSSR count). The lowest BCUT2D eigenvalue weighted by Crippen LogP contribution is -2.50. The van der Waals surface area contributed by atoms with Crippen LogP contribution in [-0.4, -0.2) is 21.4 Å². The van der Waals surface area contributed by atoms with Crippen molar-refractivity contribution in [2.75, 3.05) is 12.8 Å². The summed E-state index contributed by atoms with van der Waals surface area (Å²) in [4.78, 5) is 11.8. The van der Waals surface area contributed by atoms with Gasteiger partial charge in [-0.2, -0.15) is 0 Å². The number of anilines is 1. The molecule has 0 aliphatic rings. The predicted octanol–water partition coefficient (Wildman–Crippen LogP) is 6.39. The third kappa shape index (κ3) is 5.25. The van der Waals surface area contributed by atoms with Gasteiger partial charge in [-0.3, -0.25) is 0 Å². The maximum absolute atomic E-state index is 11.8. The van der Waals surface area contributed by atoms with Crippen LogP contribution in [0.4, 0.5) is 5.69 Å². The Bertz CT molecular complexity index is 822. The third-order valence-electron chi connectivity index (χ3n) is 6.17. The number of nitrogen functional groups attached to an aromatic ring is 1. The fourth-order valence-corrected chi connectivity index (χ4v) is 9.88. The summed E-state index contributed by atoms with van der Waals surface area (Å²) in [6.07, 6.45) is 1.61. The summed E-state index contributed by atoms with van der Waals surface area (Å²) in [7, 11) is -0.559. The maximum atomic E-state index is 11.8. The predicted molar refractivity (Wildman–Crippen MR) is 128 cm³/mol. The van der Waals surface area contributed by atoms with Gasteiger partial charge in [-0.15, -0.1) is 0 Å². The van der Waals surface area contributed by atoms with E-state index in [0.717, 1.165) is 24.2 Å². The van der Waals surface area contributed by atoms with Crippen LogP contribution in [0.2, 0.25) is 16.6 Å². The second-order valence-corrected chi connectivity index (χ2v) is 14.3. The zero-order chi connectivity index (χ0) is 22.5. The number of carbonyl (C=O) groups excluding carboxylic acids is 1. The Balaban J connectivity index is 2.13. The van der Waals surface area contributed by atoms with Gasteiger partial charge in [-0.1, -0.05) is 53.7 Å². The van der Waals surface area contributed by atoms with E-state index in [2.05, 4.69) is 65.8 Å². The van der Waals surface area contributed by atoms with Crippen molar-refractivity contribution in [2.45, 2.75) is 71.0 Å². The van der Waals surface area contributed by atoms with Crippen LogP contribution in [0.3, 0.4) is 0 Å². The van der Waals surface area contributed by atoms with E-state index in [1.54, 1.807) is 12.1 Å². The molecule has 0 amide bonds. The smallest absolute Gasteiger partial charge is 0.337 e. The van der Waals surface area contributed by atoms with Crippen molar-refractivity contribution in [3.8, 4) is 5.75 Å². The summed E-state index contributed by atoms with van der Waals surface area (Å²) in [6, 6.07) is 13.8. The van der Waals surface area contributed by atoms with Crippen LogP contribution in [0.1, 0.15) is 63.0 Å². The first kappa shape index (κ1) is 24.0. The molecular formula is C25H37NO3Si. The van der Waals surface area contributed by atoms with Crippen LogP contribution in [0, 0.1) is 0 Å². The summed E-state index contributed by atoms with van der Waals surface area (Å²) in [5, 5.41) is 0. The minimum Gasteiger partial charge on any atom is -0.543 e. The van der Waals surface area contributed by atoms with Crippen molar-refractivity contribution in [1.29, 1.82) is 0 Å². The quantitative estimate of drug-likeness (QED) is 0.286. The molecule has 164 valence electrons. The van der Waals surface area contributed by atoms with Crippen LogP contribution >= 0.6 is 0 Å². The van der Waals surface area contributed by atoms with E-state index < -0.39 is 8.32 Å². The Morgan fingerprint density at radius 1 is 0.900 bits per heavy atom. The molecule has 2 N–H and O–H groups in total. The Morgan fingerprint density at radius 3 is 1.97 bits per heavy atom. The number of methoxy groups -OCH3 is 1. The summed E-state index contributed by atoms with van der Waals surface area (Å²) in [5.74, 6) is 0.625. The molecule has 30 heavy (non-hydrogen) atoms. The van der Waals surface area contributed by atoms with E-state index in [-0.39, 0.29) is 5.97 Å². The molecule has 0 saturated carbocycles. The lowest BCUT2D eigenvalue weighted by atomic mass is 10.0. The number of nitrogens with two attached hydrogens (primary N) is 1. The lowest BCUT2D eigenvalue weighted by molar-refractivity contribution is 0.0600. The molecule has 0 saturated heterocycles. The van der Waals surface area contributed by atoms with Crippen LogP contribution < -0.4 is 10.2 Å². The number of hydrogen-bond donors (Lipinski definition) is 1. The number of benzene rings is 2. The highest BCUT2D eigenvalue weighted by atomic mass is 28.4. The fraction of sp³-hybridized carbons (Fsp3) is 0.480. The molecule has 0 aliphatic heterocycles. The Kier molecular flexibility index (Phi) is 8.13. The molecule has 0 bridgehead atoms. The molecule has 2 aromatic carbocycles. The molecule has 5 heteroatoms. The van der Waals surface area contributed by atoms with E-state index in [4.69, 9.17) is 14.9 Å². The highest BCUT2D eigenvalue weighted by molar-refractivity contribution is 6.78. The minimum absolute atomic E-state index is 0.342. The van der Waals surface area contributed by atoms with Gasteiger partial charge in [0.05, 0.1) is 12.7 Å². The number of rotatable bonds is 9. The second kappa shape index (κ2) is 10.2. The monoisotopic (exact) mass is 427 g/mol. The number of carbonyl (C=O) groups is 1. The molecule has 0 aromatic heterocycles. The Morgan fingerprint density at radius 2 is 1.47 bits per heavy atom. The fourth-order valence-electron chi connectivity index (χ4n) is 4.63. The number of aryl methyl sites for hydroxylation is 2. The second-order valence-electron chi connectivity index (χ2n) is 8.97. The summed E-state index contributed by atoms with van der Waals surface area (Å²) in [5.41, 5.74) is 11.1. The topological polar surface area (TPSA) is 61.5 Å². The molecule has 0 atom stereocenters. The average molecular weight is 428 g/mol. The first-order valence-corrected chi connectivity index (χ1v) is 13.0. The largest absolute Gasteiger partial charge is 0.543 e. The van der Waals surface area contributed by atoms with Crippen molar-refractivity contribution in [3.05, 3.63) is 59.2 Å². The molecule has 0 aliphatic carbocycles. The van der Waals surface area contributed by atoms with E-state index in [1.807, 2.05) is 6.07 Å². The van der Waals surface area contributed by atoms with Crippen LogP contribution in [0.15, 0.2) is 42.5 Å². The van der Waals surface area contributed by atoms with Crippen molar-refractivity contribution >= 4 is 20.0 Å². The van der Waals surface area contributed by atoms with Gasteiger partial charge in [0.1, 0.15) is 5.75 Å². The van der Waals surface area contributed by atoms with Crippen LogP contribution in [0.5, 0.6) is 5.75 Å². The third-order valence-corrected chi connectivity index (χ3v) is 12.2. The van der Waals surface area contributed by atoms with Crippen molar-refractivity contribution in [2.24, 2.45) is 0 Å². The van der Waals surface area contributed by atoms with E-state index in [1.165, 1.54) is 12.7 Å². The van der Waals surface area contributed by atoms with Gasteiger partial charge in [-0.05, 0) is 70.9 Å². The summed E-state index contributed by atoms with van der Waals surface area (Å²) in [6.45, 7) is 13.8. The Labute approximate surface area is 182 Å². The van der Waals surface area contributed by atoms with Gasteiger partial charge in [0.2, 0.25) is 0 Å². The standard InChI is InChI=1S/C25H37NO3Si/c1-17(2)30(18(3)4,19(5)6)29-23-13-9-20(10-14-23)8-11-21-16-22(25(27)28-7)12-15-24(21)26/h9-10,12-19H,8,11,26H2,1-7H3. The van der Waals surface area contributed by atoms with Gasteiger partial charge in [0, 0.05) is 5.69 Å². The average Bonchev–Trinajstić information content (AvgIpc) is 2.70. The molecule has 0 spiro atoms. The SMILES string of the molecule is COC(=O)c1ccc(N)c(CCc2ccc(O[Si](C(C)C)(C(C)C)C(C)C)cc2)c1. The molecule has 0 unspecified atom stereocenters. The summed E-state index contributed by atoms with van der Waals surface area (Å²) < 4.78 is 11.6. The molecule has 2 aromatic rings. The zero-order valence-corrected chi connectivity index (χ0v) is 20.5.